The van der Waals surface area contributed by atoms with Crippen LogP contribution in [0.4, 0.5) is 0 Å². The monoisotopic (exact) mass is 292 g/mol. The van der Waals surface area contributed by atoms with Crippen LogP contribution in [0.5, 0.6) is 5.75 Å². The van der Waals surface area contributed by atoms with Gasteiger partial charge in [0.2, 0.25) is 0 Å². The molecule has 0 atom stereocenters. The SMILES string of the molecule is CCOc1c(Cl)cccc1CN(C)CCNC.Cl. The van der Waals surface area contributed by atoms with Crippen molar-refractivity contribution in [1.29, 1.82) is 0 Å². The van der Waals surface area contributed by atoms with Crippen LogP contribution < -0.4 is 10.1 Å². The largest absolute Gasteiger partial charge is 0.492 e. The molecule has 1 aromatic carbocycles. The number of hydrogen-bond donors (Lipinski definition) is 1. The first kappa shape index (κ1) is 17.5. The van der Waals surface area contributed by atoms with E-state index >= 15 is 0 Å². The quantitative estimate of drug-likeness (QED) is 0.836. The molecular weight excluding hydrogens is 271 g/mol. The second-order valence-electron chi connectivity index (χ2n) is 4.00. The summed E-state index contributed by atoms with van der Waals surface area (Å²) in [5.74, 6) is 0.813. The predicted molar refractivity (Wildman–Crippen MR) is 80.1 cm³/mol. The van der Waals surface area contributed by atoms with E-state index in [1.54, 1.807) is 0 Å². The lowest BCUT2D eigenvalue weighted by atomic mass is 10.2. The Balaban J connectivity index is 0.00000289. The first-order chi connectivity index (χ1) is 8.19. The number of para-hydroxylation sites is 1. The van der Waals surface area contributed by atoms with E-state index in [-0.39, 0.29) is 12.4 Å². The van der Waals surface area contributed by atoms with E-state index in [1.165, 1.54) is 0 Å². The summed E-state index contributed by atoms with van der Waals surface area (Å²) in [7, 11) is 4.05. The van der Waals surface area contributed by atoms with Gasteiger partial charge in [-0.1, -0.05) is 23.7 Å². The summed E-state index contributed by atoms with van der Waals surface area (Å²) >= 11 is 6.14. The van der Waals surface area contributed by atoms with Crippen molar-refractivity contribution in [1.82, 2.24) is 10.2 Å². The van der Waals surface area contributed by atoms with Gasteiger partial charge in [-0.25, -0.2) is 0 Å². The first-order valence-corrected chi connectivity index (χ1v) is 6.30. The standard InChI is InChI=1S/C13H21ClN2O.ClH/c1-4-17-13-11(6-5-7-12(13)14)10-16(3)9-8-15-2;/h5-7,15H,4,8-10H2,1-3H3;1H. The molecule has 3 nitrogen and oxygen atoms in total. The number of nitrogens with zero attached hydrogens (tertiary/aromatic N) is 1. The Morgan fingerprint density at radius 2 is 2.11 bits per heavy atom. The molecule has 1 aromatic rings. The molecular formula is C13H22Cl2N2O. The van der Waals surface area contributed by atoms with Crippen LogP contribution in [0.3, 0.4) is 0 Å². The third-order valence-electron chi connectivity index (χ3n) is 2.52. The van der Waals surface area contributed by atoms with Crippen LogP contribution in [-0.2, 0) is 6.54 Å². The molecule has 0 aliphatic carbocycles. The fourth-order valence-electron chi connectivity index (χ4n) is 1.66. The van der Waals surface area contributed by atoms with Crippen molar-refractivity contribution in [2.45, 2.75) is 13.5 Å². The lowest BCUT2D eigenvalue weighted by Crippen LogP contribution is -2.27. The van der Waals surface area contributed by atoms with Gasteiger partial charge >= 0.3 is 0 Å². The normalized spacial score (nSPS) is 10.3. The van der Waals surface area contributed by atoms with Crippen molar-refractivity contribution < 1.29 is 4.74 Å². The van der Waals surface area contributed by atoms with Crippen LogP contribution in [0.15, 0.2) is 18.2 Å². The molecule has 0 saturated heterocycles. The molecule has 0 saturated carbocycles. The average Bonchev–Trinajstić information content (AvgIpc) is 2.31. The highest BCUT2D eigenvalue weighted by molar-refractivity contribution is 6.32. The summed E-state index contributed by atoms with van der Waals surface area (Å²) in [5, 5.41) is 3.82. The maximum atomic E-state index is 6.14. The molecule has 1 rings (SSSR count). The molecule has 0 unspecified atom stereocenters. The summed E-state index contributed by atoms with van der Waals surface area (Å²) in [4.78, 5) is 2.24. The third kappa shape index (κ3) is 5.44. The highest BCUT2D eigenvalue weighted by Crippen LogP contribution is 2.29. The van der Waals surface area contributed by atoms with Gasteiger partial charge in [0.1, 0.15) is 5.75 Å². The fourth-order valence-corrected chi connectivity index (χ4v) is 1.91. The van der Waals surface area contributed by atoms with E-state index < -0.39 is 0 Å². The zero-order valence-corrected chi connectivity index (χ0v) is 12.8. The molecule has 0 heterocycles. The Morgan fingerprint density at radius 3 is 2.72 bits per heavy atom. The molecule has 0 spiro atoms. The van der Waals surface area contributed by atoms with Crippen LogP contribution >= 0.6 is 24.0 Å². The zero-order valence-electron chi connectivity index (χ0n) is 11.2. The van der Waals surface area contributed by atoms with E-state index in [9.17, 15) is 0 Å². The number of benzene rings is 1. The molecule has 0 aromatic heterocycles. The van der Waals surface area contributed by atoms with Crippen molar-refractivity contribution >= 4 is 24.0 Å². The smallest absolute Gasteiger partial charge is 0.142 e. The molecule has 0 amide bonds. The Morgan fingerprint density at radius 1 is 1.39 bits per heavy atom. The maximum Gasteiger partial charge on any atom is 0.142 e. The van der Waals surface area contributed by atoms with Crippen molar-refractivity contribution in [3.63, 3.8) is 0 Å². The summed E-state index contributed by atoms with van der Waals surface area (Å²) in [6, 6.07) is 5.89. The van der Waals surface area contributed by atoms with E-state index in [4.69, 9.17) is 16.3 Å². The first-order valence-electron chi connectivity index (χ1n) is 5.92. The van der Waals surface area contributed by atoms with Gasteiger partial charge in [-0.05, 0) is 27.1 Å². The molecule has 104 valence electrons. The van der Waals surface area contributed by atoms with Crippen molar-refractivity contribution in [3.05, 3.63) is 28.8 Å². The van der Waals surface area contributed by atoms with Crippen molar-refractivity contribution in [2.75, 3.05) is 33.8 Å². The molecule has 18 heavy (non-hydrogen) atoms. The van der Waals surface area contributed by atoms with Gasteiger partial charge in [0.25, 0.3) is 0 Å². The fraction of sp³-hybridized carbons (Fsp3) is 0.538. The van der Waals surface area contributed by atoms with E-state index in [2.05, 4.69) is 23.3 Å². The summed E-state index contributed by atoms with van der Waals surface area (Å²) in [6.07, 6.45) is 0. The maximum absolute atomic E-state index is 6.14. The minimum atomic E-state index is 0. The Bertz CT molecular complexity index is 348. The third-order valence-corrected chi connectivity index (χ3v) is 2.82. The van der Waals surface area contributed by atoms with Crippen LogP contribution in [0, 0.1) is 0 Å². The van der Waals surface area contributed by atoms with Crippen LogP contribution in [0.25, 0.3) is 0 Å². The Kier molecular flexibility index (Phi) is 9.20. The second-order valence-corrected chi connectivity index (χ2v) is 4.41. The number of likely N-dealkylation sites (N-methyl/N-ethyl adjacent to an activating group) is 2. The average molecular weight is 293 g/mol. The molecule has 0 aliphatic heterocycles. The highest BCUT2D eigenvalue weighted by atomic mass is 35.5. The summed E-state index contributed by atoms with van der Waals surface area (Å²) in [6.45, 7) is 5.42. The summed E-state index contributed by atoms with van der Waals surface area (Å²) in [5.41, 5.74) is 1.14. The van der Waals surface area contributed by atoms with Gasteiger partial charge in [0, 0.05) is 25.2 Å². The number of rotatable bonds is 7. The number of hydrogen-bond acceptors (Lipinski definition) is 3. The molecule has 0 radical (unpaired) electrons. The van der Waals surface area contributed by atoms with Crippen LogP contribution in [0.1, 0.15) is 12.5 Å². The van der Waals surface area contributed by atoms with Gasteiger partial charge in [-0.15, -0.1) is 12.4 Å². The minimum absolute atomic E-state index is 0. The lowest BCUT2D eigenvalue weighted by molar-refractivity contribution is 0.304. The number of halogens is 2. The summed E-state index contributed by atoms with van der Waals surface area (Å²) < 4.78 is 5.60. The van der Waals surface area contributed by atoms with Gasteiger partial charge in [-0.3, -0.25) is 0 Å². The highest BCUT2D eigenvalue weighted by Gasteiger charge is 2.09. The Labute approximate surface area is 121 Å². The molecule has 0 fully saturated rings. The van der Waals surface area contributed by atoms with Crippen LogP contribution in [-0.4, -0.2) is 38.7 Å². The van der Waals surface area contributed by atoms with Gasteiger partial charge in [0.05, 0.1) is 11.6 Å². The topological polar surface area (TPSA) is 24.5 Å². The molecule has 1 N–H and O–H groups in total. The molecule has 0 aliphatic rings. The second kappa shape index (κ2) is 9.45. The Hall–Kier alpha value is -0.480. The van der Waals surface area contributed by atoms with Gasteiger partial charge in [0.15, 0.2) is 0 Å². The predicted octanol–water partition coefficient (Wildman–Crippen LogP) is 2.81. The van der Waals surface area contributed by atoms with E-state index in [0.717, 1.165) is 30.9 Å². The van der Waals surface area contributed by atoms with Crippen molar-refractivity contribution in [3.8, 4) is 5.75 Å². The number of nitrogens with one attached hydrogen (secondary N) is 1. The van der Waals surface area contributed by atoms with Crippen molar-refractivity contribution in [2.24, 2.45) is 0 Å². The van der Waals surface area contributed by atoms with Gasteiger partial charge < -0.3 is 15.0 Å². The minimum Gasteiger partial charge on any atom is -0.492 e. The van der Waals surface area contributed by atoms with Crippen LogP contribution in [0.2, 0.25) is 5.02 Å². The molecule has 5 heteroatoms. The zero-order chi connectivity index (χ0) is 12.7. The molecule has 0 bridgehead atoms. The lowest BCUT2D eigenvalue weighted by Gasteiger charge is -2.19. The van der Waals surface area contributed by atoms with E-state index in [0.29, 0.717) is 11.6 Å². The van der Waals surface area contributed by atoms with E-state index in [1.807, 2.05) is 26.1 Å². The number of ether oxygens (including phenoxy) is 1. The van der Waals surface area contributed by atoms with Gasteiger partial charge in [-0.2, -0.15) is 0 Å².